The molecule has 0 aliphatic carbocycles. The number of hydrogen-bond donors (Lipinski definition) is 1. The Hall–Kier alpha value is -1.52. The van der Waals surface area contributed by atoms with E-state index in [9.17, 15) is 0 Å². The van der Waals surface area contributed by atoms with Crippen molar-refractivity contribution in [1.29, 1.82) is 0 Å². The summed E-state index contributed by atoms with van der Waals surface area (Å²) in [6.07, 6.45) is 1.82. The normalized spacial score (nSPS) is 11.7. The lowest BCUT2D eigenvalue weighted by molar-refractivity contribution is 0.788. The molecule has 17 heavy (non-hydrogen) atoms. The van der Waals surface area contributed by atoms with E-state index in [-0.39, 0.29) is 0 Å². The highest BCUT2D eigenvalue weighted by Gasteiger charge is 2.06. The molecular weight excluding hydrogens is 254 g/mol. The molecule has 0 radical (unpaired) electrons. The molecule has 0 fully saturated rings. The lowest BCUT2D eigenvalue weighted by atomic mass is 10.2. The smallest absolute Gasteiger partial charge is 0.208 e. The van der Waals surface area contributed by atoms with Crippen LogP contribution in [-0.4, -0.2) is 4.57 Å². The first-order valence-corrected chi connectivity index (χ1v) is 6.31. The molecule has 2 N–H and O–H groups in total. The number of aromatic nitrogens is 1. The van der Waals surface area contributed by atoms with Crippen LogP contribution in [0.2, 0.25) is 5.02 Å². The fourth-order valence-electron chi connectivity index (χ4n) is 1.59. The van der Waals surface area contributed by atoms with E-state index in [2.05, 4.69) is 11.7 Å². The van der Waals surface area contributed by atoms with Gasteiger partial charge in [-0.15, -0.1) is 17.9 Å². The van der Waals surface area contributed by atoms with Gasteiger partial charge in [-0.1, -0.05) is 29.8 Å². The Morgan fingerprint density at radius 2 is 2.12 bits per heavy atom. The van der Waals surface area contributed by atoms with Gasteiger partial charge >= 0.3 is 0 Å². The second-order valence-corrected chi connectivity index (χ2v) is 4.71. The summed E-state index contributed by atoms with van der Waals surface area (Å²) < 4.78 is 2.01. The second kappa shape index (κ2) is 5.21. The molecule has 2 aromatic rings. The lowest BCUT2D eigenvalue weighted by Crippen LogP contribution is -2.16. The first-order chi connectivity index (χ1) is 8.26. The van der Waals surface area contributed by atoms with Crippen molar-refractivity contribution in [3.05, 3.63) is 52.1 Å². The fourth-order valence-corrected chi connectivity index (χ4v) is 2.56. The van der Waals surface area contributed by atoms with Crippen LogP contribution in [0, 0.1) is 0 Å². The van der Waals surface area contributed by atoms with Crippen molar-refractivity contribution in [3.8, 4) is 11.3 Å². The monoisotopic (exact) mass is 265 g/mol. The number of halogens is 1. The Morgan fingerprint density at radius 3 is 2.71 bits per heavy atom. The highest BCUT2D eigenvalue weighted by atomic mass is 35.5. The maximum Gasteiger partial charge on any atom is 0.208 e. The van der Waals surface area contributed by atoms with E-state index in [1.54, 1.807) is 0 Å². The van der Waals surface area contributed by atoms with Crippen molar-refractivity contribution < 1.29 is 0 Å². The van der Waals surface area contributed by atoms with E-state index < -0.39 is 0 Å². The molecule has 5 heteroatoms. The predicted octanol–water partition coefficient (Wildman–Crippen LogP) is 2.83. The van der Waals surface area contributed by atoms with Gasteiger partial charge in [-0.25, -0.2) is 0 Å². The van der Waals surface area contributed by atoms with Crippen LogP contribution in [-0.2, 0) is 6.54 Å². The number of benzene rings is 1. The number of rotatable bonds is 3. The zero-order valence-corrected chi connectivity index (χ0v) is 10.7. The van der Waals surface area contributed by atoms with E-state index in [0.29, 0.717) is 6.54 Å². The van der Waals surface area contributed by atoms with Gasteiger partial charge in [0.1, 0.15) is 0 Å². The predicted molar refractivity (Wildman–Crippen MR) is 72.7 cm³/mol. The van der Waals surface area contributed by atoms with Gasteiger partial charge in [0.05, 0.1) is 5.69 Å². The summed E-state index contributed by atoms with van der Waals surface area (Å²) in [4.78, 5) is 0.773. The van der Waals surface area contributed by atoms with Gasteiger partial charge in [0, 0.05) is 16.9 Å². The quantitative estimate of drug-likeness (QED) is 0.518. The number of thiazole rings is 1. The Balaban J connectivity index is 2.55. The largest absolute Gasteiger partial charge is 0.320 e. The number of allylic oxidation sites excluding steroid dienone is 1. The van der Waals surface area contributed by atoms with E-state index in [1.807, 2.05) is 40.3 Å². The van der Waals surface area contributed by atoms with Gasteiger partial charge in [0.25, 0.3) is 0 Å². The minimum atomic E-state index is 0.678. The van der Waals surface area contributed by atoms with Gasteiger partial charge in [-0.2, -0.15) is 5.10 Å². The van der Waals surface area contributed by atoms with Crippen LogP contribution in [0.15, 0.2) is 47.4 Å². The zero-order valence-electron chi connectivity index (χ0n) is 9.14. The maximum atomic E-state index is 5.87. The fraction of sp³-hybridized carbons (Fsp3) is 0.0833. The van der Waals surface area contributed by atoms with Gasteiger partial charge in [-0.3, -0.25) is 0 Å². The number of nitrogens with zero attached hydrogens (tertiary/aromatic N) is 2. The Bertz CT molecular complexity index is 581. The lowest BCUT2D eigenvalue weighted by Gasteiger charge is -2.06. The van der Waals surface area contributed by atoms with Crippen molar-refractivity contribution in [3.63, 3.8) is 0 Å². The molecule has 1 aromatic heterocycles. The van der Waals surface area contributed by atoms with Crippen molar-refractivity contribution in [2.24, 2.45) is 10.9 Å². The first kappa shape index (κ1) is 12.0. The Labute approximate surface area is 108 Å². The summed E-state index contributed by atoms with van der Waals surface area (Å²) in [5, 5.41) is 6.51. The summed E-state index contributed by atoms with van der Waals surface area (Å²) in [5.41, 5.74) is 2.15. The van der Waals surface area contributed by atoms with Crippen molar-refractivity contribution >= 4 is 22.9 Å². The molecule has 2 rings (SSSR count). The van der Waals surface area contributed by atoms with E-state index >= 15 is 0 Å². The van der Waals surface area contributed by atoms with E-state index in [4.69, 9.17) is 17.4 Å². The van der Waals surface area contributed by atoms with Gasteiger partial charge < -0.3 is 10.4 Å². The molecule has 1 heterocycles. The molecule has 0 saturated heterocycles. The van der Waals surface area contributed by atoms with Crippen LogP contribution in [0.3, 0.4) is 0 Å². The van der Waals surface area contributed by atoms with Crippen molar-refractivity contribution in [2.75, 3.05) is 0 Å². The highest BCUT2D eigenvalue weighted by Crippen LogP contribution is 2.22. The van der Waals surface area contributed by atoms with Crippen LogP contribution in [0.4, 0.5) is 0 Å². The molecule has 3 nitrogen and oxygen atoms in total. The molecular formula is C12H12ClN3S. The van der Waals surface area contributed by atoms with Crippen molar-refractivity contribution in [1.82, 2.24) is 4.57 Å². The van der Waals surface area contributed by atoms with E-state index in [1.165, 1.54) is 11.3 Å². The van der Waals surface area contributed by atoms with E-state index in [0.717, 1.165) is 21.1 Å². The minimum Gasteiger partial charge on any atom is -0.320 e. The standard InChI is InChI=1S/C12H12ClN3S/c1-2-7-16-11(8-17-12(16)15-14)9-3-5-10(13)6-4-9/h2-6,8H,1,7,14H2/b15-12+. The molecule has 0 spiro atoms. The van der Waals surface area contributed by atoms with Gasteiger partial charge in [0.2, 0.25) is 4.80 Å². The number of nitrogens with two attached hydrogens (primary N) is 1. The SMILES string of the molecule is C=CCn1c(-c2ccc(Cl)cc2)cs/c1=N/N. The average Bonchev–Trinajstić information content (AvgIpc) is 2.74. The summed E-state index contributed by atoms with van der Waals surface area (Å²) in [6.45, 7) is 4.42. The molecule has 0 aliphatic rings. The highest BCUT2D eigenvalue weighted by molar-refractivity contribution is 7.07. The molecule has 0 saturated carbocycles. The third kappa shape index (κ3) is 2.43. The zero-order chi connectivity index (χ0) is 12.3. The average molecular weight is 266 g/mol. The molecule has 88 valence electrons. The molecule has 0 aliphatic heterocycles. The molecule has 0 amide bonds. The van der Waals surface area contributed by atoms with Crippen LogP contribution >= 0.6 is 22.9 Å². The summed E-state index contributed by atoms with van der Waals surface area (Å²) in [7, 11) is 0. The Kier molecular flexibility index (Phi) is 3.66. The topological polar surface area (TPSA) is 43.3 Å². The van der Waals surface area contributed by atoms with Crippen LogP contribution in [0.1, 0.15) is 0 Å². The summed E-state index contributed by atoms with van der Waals surface area (Å²) in [6, 6.07) is 7.69. The Morgan fingerprint density at radius 1 is 1.41 bits per heavy atom. The third-order valence-electron chi connectivity index (χ3n) is 2.36. The van der Waals surface area contributed by atoms with Crippen LogP contribution in [0.5, 0.6) is 0 Å². The second-order valence-electron chi connectivity index (χ2n) is 3.44. The van der Waals surface area contributed by atoms with Crippen LogP contribution < -0.4 is 10.6 Å². The molecule has 0 atom stereocenters. The third-order valence-corrected chi connectivity index (χ3v) is 3.49. The minimum absolute atomic E-state index is 0.678. The molecule has 0 unspecified atom stereocenters. The van der Waals surface area contributed by atoms with Crippen molar-refractivity contribution in [2.45, 2.75) is 6.54 Å². The van der Waals surface area contributed by atoms with Gasteiger partial charge in [0.15, 0.2) is 0 Å². The molecule has 0 bridgehead atoms. The maximum absolute atomic E-state index is 5.87. The number of hydrogen-bond acceptors (Lipinski definition) is 3. The van der Waals surface area contributed by atoms with Crippen LogP contribution in [0.25, 0.3) is 11.3 Å². The first-order valence-electron chi connectivity index (χ1n) is 5.05. The van der Waals surface area contributed by atoms with Gasteiger partial charge in [-0.05, 0) is 17.7 Å². The summed E-state index contributed by atoms with van der Waals surface area (Å²) >= 11 is 7.38. The molecule has 1 aromatic carbocycles. The summed E-state index contributed by atoms with van der Waals surface area (Å²) in [5.74, 6) is 5.36.